The summed E-state index contributed by atoms with van der Waals surface area (Å²) in [5, 5.41) is 0.944. The van der Waals surface area contributed by atoms with E-state index in [1.165, 1.54) is 0 Å². The monoisotopic (exact) mass is 148 g/mol. The Morgan fingerprint density at radius 1 is 1.62 bits per heavy atom. The van der Waals surface area contributed by atoms with Crippen LogP contribution in [-0.4, -0.2) is 5.38 Å². The van der Waals surface area contributed by atoms with E-state index in [0.717, 1.165) is 11.5 Å². The van der Waals surface area contributed by atoms with E-state index >= 15 is 0 Å². The van der Waals surface area contributed by atoms with E-state index in [1.807, 2.05) is 18.2 Å². The van der Waals surface area contributed by atoms with Crippen molar-refractivity contribution in [1.29, 1.82) is 0 Å². The third kappa shape index (κ3) is 1.53. The van der Waals surface area contributed by atoms with Crippen molar-refractivity contribution < 1.29 is 0 Å². The SMILES string of the molecule is ClC1=CC=CC(Cl)C1. The highest BCUT2D eigenvalue weighted by Gasteiger charge is 2.04. The van der Waals surface area contributed by atoms with E-state index in [1.54, 1.807) is 0 Å². The van der Waals surface area contributed by atoms with E-state index in [9.17, 15) is 0 Å². The maximum atomic E-state index is 5.70. The zero-order valence-corrected chi connectivity index (χ0v) is 5.78. The third-order valence-electron chi connectivity index (χ3n) is 0.987. The van der Waals surface area contributed by atoms with Gasteiger partial charge in [0.15, 0.2) is 0 Å². The average molecular weight is 149 g/mol. The summed E-state index contributed by atoms with van der Waals surface area (Å²) in [6, 6.07) is 0. The highest BCUT2D eigenvalue weighted by molar-refractivity contribution is 6.31. The third-order valence-corrected chi connectivity index (χ3v) is 1.57. The van der Waals surface area contributed by atoms with Gasteiger partial charge in [-0.2, -0.15) is 0 Å². The molecule has 0 aromatic rings. The zero-order valence-electron chi connectivity index (χ0n) is 4.27. The minimum Gasteiger partial charge on any atom is -0.118 e. The van der Waals surface area contributed by atoms with Crippen molar-refractivity contribution in [2.75, 3.05) is 0 Å². The smallest absolute Gasteiger partial charge is 0.0568 e. The minimum absolute atomic E-state index is 0.104. The predicted molar refractivity (Wildman–Crippen MR) is 37.3 cm³/mol. The van der Waals surface area contributed by atoms with Gasteiger partial charge in [-0.25, -0.2) is 0 Å². The molecule has 0 radical (unpaired) electrons. The van der Waals surface area contributed by atoms with Crippen molar-refractivity contribution in [3.8, 4) is 0 Å². The number of alkyl halides is 1. The van der Waals surface area contributed by atoms with Crippen LogP contribution in [0.3, 0.4) is 0 Å². The minimum atomic E-state index is 0.104. The molecule has 0 aromatic heterocycles. The van der Waals surface area contributed by atoms with Crippen LogP contribution in [0, 0.1) is 0 Å². The maximum Gasteiger partial charge on any atom is 0.0568 e. The Hall–Kier alpha value is 0.0600. The van der Waals surface area contributed by atoms with Crippen molar-refractivity contribution in [3.63, 3.8) is 0 Å². The summed E-state index contributed by atoms with van der Waals surface area (Å²) in [4.78, 5) is 0. The highest BCUT2D eigenvalue weighted by Crippen LogP contribution is 2.19. The molecule has 8 heavy (non-hydrogen) atoms. The topological polar surface area (TPSA) is 0 Å². The van der Waals surface area contributed by atoms with Crippen molar-refractivity contribution in [2.45, 2.75) is 11.8 Å². The molecule has 1 aliphatic carbocycles. The van der Waals surface area contributed by atoms with Gasteiger partial charge in [-0.05, 0) is 6.08 Å². The lowest BCUT2D eigenvalue weighted by molar-refractivity contribution is 1.02. The van der Waals surface area contributed by atoms with Gasteiger partial charge in [0, 0.05) is 11.5 Å². The fourth-order valence-corrected chi connectivity index (χ4v) is 1.17. The number of rotatable bonds is 0. The molecule has 0 amide bonds. The molecule has 0 spiro atoms. The Morgan fingerprint density at radius 3 is 2.75 bits per heavy atom. The summed E-state index contributed by atoms with van der Waals surface area (Å²) >= 11 is 11.3. The first-order valence-corrected chi connectivity index (χ1v) is 3.27. The van der Waals surface area contributed by atoms with Crippen molar-refractivity contribution >= 4 is 23.2 Å². The standard InChI is InChI=1S/C6H6Cl2/c7-5-2-1-3-6(8)4-5/h1-3,5H,4H2. The van der Waals surface area contributed by atoms with Crippen LogP contribution in [0.4, 0.5) is 0 Å². The van der Waals surface area contributed by atoms with Crippen LogP contribution in [0.5, 0.6) is 0 Å². The second kappa shape index (κ2) is 2.56. The van der Waals surface area contributed by atoms with E-state index < -0.39 is 0 Å². The largest absolute Gasteiger partial charge is 0.118 e. The predicted octanol–water partition coefficient (Wildman–Crippen LogP) is 2.68. The number of allylic oxidation sites excluding steroid dienone is 4. The molecule has 2 heteroatoms. The second-order valence-corrected chi connectivity index (χ2v) is 2.76. The van der Waals surface area contributed by atoms with Crippen molar-refractivity contribution in [2.24, 2.45) is 0 Å². The summed E-state index contributed by atoms with van der Waals surface area (Å²) in [6.07, 6.45) is 6.44. The van der Waals surface area contributed by atoms with Crippen LogP contribution in [0.25, 0.3) is 0 Å². The summed E-state index contributed by atoms with van der Waals surface area (Å²) < 4.78 is 0. The molecule has 0 bridgehead atoms. The van der Waals surface area contributed by atoms with E-state index in [4.69, 9.17) is 23.2 Å². The fourth-order valence-electron chi connectivity index (χ4n) is 0.603. The molecule has 1 atom stereocenters. The summed E-state index contributed by atoms with van der Waals surface area (Å²) in [5.74, 6) is 0. The maximum absolute atomic E-state index is 5.70. The van der Waals surface area contributed by atoms with E-state index in [0.29, 0.717) is 0 Å². The Morgan fingerprint density at radius 2 is 2.38 bits per heavy atom. The lowest BCUT2D eigenvalue weighted by atomic mass is 10.2. The van der Waals surface area contributed by atoms with Crippen LogP contribution in [0.1, 0.15) is 6.42 Å². The molecule has 44 valence electrons. The molecule has 1 rings (SSSR count). The van der Waals surface area contributed by atoms with Gasteiger partial charge in [0.05, 0.1) is 5.38 Å². The molecule has 0 saturated carbocycles. The van der Waals surface area contributed by atoms with Crippen LogP contribution in [0.2, 0.25) is 0 Å². The van der Waals surface area contributed by atoms with Crippen LogP contribution >= 0.6 is 23.2 Å². The quantitative estimate of drug-likeness (QED) is 0.464. The van der Waals surface area contributed by atoms with Gasteiger partial charge in [-0.15, -0.1) is 11.6 Å². The molecule has 0 fully saturated rings. The van der Waals surface area contributed by atoms with Gasteiger partial charge in [0.2, 0.25) is 0 Å². The molecular weight excluding hydrogens is 143 g/mol. The molecule has 0 saturated heterocycles. The average Bonchev–Trinajstić information content (AvgIpc) is 1.64. The summed E-state index contributed by atoms with van der Waals surface area (Å²) in [6.45, 7) is 0. The van der Waals surface area contributed by atoms with Crippen molar-refractivity contribution in [3.05, 3.63) is 23.3 Å². The first-order valence-electron chi connectivity index (χ1n) is 2.46. The van der Waals surface area contributed by atoms with Gasteiger partial charge in [-0.1, -0.05) is 23.8 Å². The van der Waals surface area contributed by atoms with Crippen LogP contribution < -0.4 is 0 Å². The fraction of sp³-hybridized carbons (Fsp3) is 0.333. The van der Waals surface area contributed by atoms with Crippen LogP contribution in [0.15, 0.2) is 23.3 Å². The Labute approximate surface area is 58.8 Å². The Kier molecular flexibility index (Phi) is 1.98. The van der Waals surface area contributed by atoms with Gasteiger partial charge in [0.1, 0.15) is 0 Å². The lowest BCUT2D eigenvalue weighted by Gasteiger charge is -2.05. The molecule has 0 aromatic carbocycles. The molecule has 0 heterocycles. The molecule has 0 aliphatic heterocycles. The Balaban J connectivity index is 2.59. The molecular formula is C6H6Cl2. The first kappa shape index (κ1) is 6.18. The first-order chi connectivity index (χ1) is 3.79. The van der Waals surface area contributed by atoms with E-state index in [2.05, 4.69) is 0 Å². The normalized spacial score (nSPS) is 27.8. The number of hydrogen-bond donors (Lipinski definition) is 0. The van der Waals surface area contributed by atoms with Crippen molar-refractivity contribution in [1.82, 2.24) is 0 Å². The highest BCUT2D eigenvalue weighted by atomic mass is 35.5. The van der Waals surface area contributed by atoms with Gasteiger partial charge in [0.25, 0.3) is 0 Å². The van der Waals surface area contributed by atoms with Crippen LogP contribution in [-0.2, 0) is 0 Å². The zero-order chi connectivity index (χ0) is 5.98. The van der Waals surface area contributed by atoms with Gasteiger partial charge in [-0.3, -0.25) is 0 Å². The Bertz CT molecular complexity index is 135. The summed E-state index contributed by atoms with van der Waals surface area (Å²) in [5.41, 5.74) is 0. The number of halogens is 2. The summed E-state index contributed by atoms with van der Waals surface area (Å²) in [7, 11) is 0. The van der Waals surface area contributed by atoms with Gasteiger partial charge >= 0.3 is 0 Å². The molecule has 1 aliphatic rings. The van der Waals surface area contributed by atoms with Gasteiger partial charge < -0.3 is 0 Å². The lowest BCUT2D eigenvalue weighted by Crippen LogP contribution is -1.95. The molecule has 0 N–H and O–H groups in total. The second-order valence-electron chi connectivity index (χ2n) is 1.72. The molecule has 1 unspecified atom stereocenters. The van der Waals surface area contributed by atoms with E-state index in [-0.39, 0.29) is 5.38 Å². The molecule has 0 nitrogen and oxygen atoms in total. The number of hydrogen-bond acceptors (Lipinski definition) is 0.